The van der Waals surface area contributed by atoms with Crippen molar-refractivity contribution in [2.24, 2.45) is 40.4 Å². The molecule has 0 aromatic rings. The molecular weight excluding hydrogens is 456 g/mol. The van der Waals surface area contributed by atoms with Crippen LogP contribution in [0.25, 0.3) is 0 Å². The summed E-state index contributed by atoms with van der Waals surface area (Å²) in [5.41, 5.74) is 2.80. The van der Waals surface area contributed by atoms with E-state index in [4.69, 9.17) is 0 Å². The van der Waals surface area contributed by atoms with Gasteiger partial charge in [0.1, 0.15) is 0 Å². The van der Waals surface area contributed by atoms with E-state index >= 15 is 0 Å². The van der Waals surface area contributed by atoms with Crippen LogP contribution in [0, 0.1) is 40.4 Å². The minimum atomic E-state index is 0.365. The summed E-state index contributed by atoms with van der Waals surface area (Å²) in [6.07, 6.45) is 30.2. The molecule has 4 saturated carbocycles. The number of thioether (sulfide) groups is 1. The summed E-state index contributed by atoms with van der Waals surface area (Å²) < 4.78 is 0. The Bertz CT molecular complexity index is 780. The molecule has 0 aromatic heterocycles. The van der Waals surface area contributed by atoms with Crippen molar-refractivity contribution in [2.75, 3.05) is 0 Å². The van der Waals surface area contributed by atoms with Gasteiger partial charge in [-0.3, -0.25) is 4.79 Å². The van der Waals surface area contributed by atoms with Crippen LogP contribution in [0.3, 0.4) is 0 Å². The number of unbranched alkanes of at least 4 members (excludes halogenated alkanes) is 5. The van der Waals surface area contributed by atoms with Crippen LogP contribution in [-0.4, -0.2) is 10.4 Å². The molecule has 0 N–H and O–H groups in total. The number of rotatable bonds is 9. The Balaban J connectivity index is 1.18. The summed E-state index contributed by atoms with van der Waals surface area (Å²) in [6.45, 7) is 7.68. The van der Waals surface area contributed by atoms with Crippen molar-refractivity contribution in [3.8, 4) is 0 Å². The highest BCUT2D eigenvalue weighted by Crippen LogP contribution is 2.67. The molecule has 7 atom stereocenters. The third kappa shape index (κ3) is 5.42. The number of fused-ring (bicyclic) bond motifs is 5. The molecule has 5 aliphatic rings. The van der Waals surface area contributed by atoms with E-state index in [-0.39, 0.29) is 0 Å². The Hall–Kier alpha value is -0.240. The molecule has 0 aromatic carbocycles. The number of carbonyl (C=O) groups excluding carboxylic acids is 1. The molecule has 0 radical (unpaired) electrons. The highest BCUT2D eigenvalue weighted by molar-refractivity contribution is 8.14. The van der Waals surface area contributed by atoms with E-state index in [1.807, 2.05) is 0 Å². The molecule has 0 bridgehead atoms. The Kier molecular flexibility index (Phi) is 9.02. The molecule has 0 unspecified atom stereocenters. The van der Waals surface area contributed by atoms with Crippen LogP contribution in [0.15, 0.2) is 11.6 Å². The summed E-state index contributed by atoms with van der Waals surface area (Å²) in [7, 11) is 0. The molecule has 5 aliphatic carbocycles. The Morgan fingerprint density at radius 2 is 1.67 bits per heavy atom. The molecule has 0 saturated heterocycles. The second-order valence-corrected chi connectivity index (χ2v) is 15.6. The van der Waals surface area contributed by atoms with E-state index in [0.717, 1.165) is 36.5 Å². The molecule has 204 valence electrons. The summed E-state index contributed by atoms with van der Waals surface area (Å²) in [6, 6.07) is 0. The van der Waals surface area contributed by atoms with Gasteiger partial charge >= 0.3 is 0 Å². The maximum Gasteiger partial charge on any atom is 0.192 e. The minimum absolute atomic E-state index is 0.365. The van der Waals surface area contributed by atoms with Crippen molar-refractivity contribution in [1.82, 2.24) is 0 Å². The first-order chi connectivity index (χ1) is 17.5. The lowest BCUT2D eigenvalue weighted by Crippen LogP contribution is -2.50. The fourth-order valence-electron chi connectivity index (χ4n) is 10.1. The quantitative estimate of drug-likeness (QED) is 0.226. The second-order valence-electron chi connectivity index (χ2n) is 14.3. The first-order valence-electron chi connectivity index (χ1n) is 16.4. The number of allylic oxidation sites excluding steroid dienone is 2. The van der Waals surface area contributed by atoms with E-state index in [1.165, 1.54) is 116 Å². The fraction of sp³-hybridized carbons (Fsp3) is 0.912. The predicted octanol–water partition coefficient (Wildman–Crippen LogP) is 10.5. The molecule has 4 fully saturated rings. The van der Waals surface area contributed by atoms with Gasteiger partial charge in [-0.05, 0) is 105 Å². The molecule has 5 rings (SSSR count). The van der Waals surface area contributed by atoms with E-state index in [1.54, 1.807) is 17.3 Å². The lowest BCUT2D eigenvalue weighted by atomic mass is 9.47. The molecule has 0 amide bonds. The normalized spacial score (nSPS) is 40.8. The molecule has 0 spiro atoms. The predicted molar refractivity (Wildman–Crippen MR) is 156 cm³/mol. The van der Waals surface area contributed by atoms with Gasteiger partial charge in [0, 0.05) is 11.2 Å². The van der Waals surface area contributed by atoms with Gasteiger partial charge in [0.15, 0.2) is 5.12 Å². The monoisotopic (exact) mass is 512 g/mol. The first-order valence-corrected chi connectivity index (χ1v) is 17.2. The third-order valence-corrected chi connectivity index (χ3v) is 13.7. The topological polar surface area (TPSA) is 17.1 Å². The summed E-state index contributed by atoms with van der Waals surface area (Å²) in [5.74, 6) is 4.16. The smallest absolute Gasteiger partial charge is 0.192 e. The van der Waals surface area contributed by atoms with Gasteiger partial charge in [-0.2, -0.15) is 0 Å². The molecule has 36 heavy (non-hydrogen) atoms. The number of hydrogen-bond donors (Lipinski definition) is 0. The van der Waals surface area contributed by atoms with Gasteiger partial charge in [0.25, 0.3) is 0 Å². The van der Waals surface area contributed by atoms with Crippen molar-refractivity contribution >= 4 is 16.9 Å². The minimum Gasteiger partial charge on any atom is -0.287 e. The van der Waals surface area contributed by atoms with E-state index in [2.05, 4.69) is 26.8 Å². The van der Waals surface area contributed by atoms with Gasteiger partial charge < -0.3 is 0 Å². The van der Waals surface area contributed by atoms with Gasteiger partial charge in [-0.25, -0.2) is 0 Å². The van der Waals surface area contributed by atoms with E-state index < -0.39 is 0 Å². The maximum atomic E-state index is 13.0. The van der Waals surface area contributed by atoms with Crippen molar-refractivity contribution in [3.05, 3.63) is 11.6 Å². The summed E-state index contributed by atoms with van der Waals surface area (Å²) in [5, 5.41) is 1.09. The van der Waals surface area contributed by atoms with Crippen LogP contribution < -0.4 is 0 Å². The molecule has 2 heteroatoms. The highest BCUT2D eigenvalue weighted by atomic mass is 32.2. The average molecular weight is 513 g/mol. The Morgan fingerprint density at radius 1 is 0.889 bits per heavy atom. The second kappa shape index (κ2) is 11.9. The lowest BCUT2D eigenvalue weighted by Gasteiger charge is -2.58. The molecule has 1 nitrogen and oxygen atoms in total. The molecular formula is C34H56OS. The highest BCUT2D eigenvalue weighted by Gasteiger charge is 2.58. The van der Waals surface area contributed by atoms with Crippen molar-refractivity contribution in [3.63, 3.8) is 0 Å². The van der Waals surface area contributed by atoms with Gasteiger partial charge in [-0.15, -0.1) is 0 Å². The lowest BCUT2D eigenvalue weighted by molar-refractivity contribution is -0.115. The zero-order valence-corrected chi connectivity index (χ0v) is 24.8. The number of hydrogen-bond acceptors (Lipinski definition) is 2. The zero-order chi connectivity index (χ0) is 25.2. The summed E-state index contributed by atoms with van der Waals surface area (Å²) in [4.78, 5) is 13.0. The van der Waals surface area contributed by atoms with Crippen LogP contribution >= 0.6 is 11.8 Å². The maximum absolute atomic E-state index is 13.0. The van der Waals surface area contributed by atoms with E-state index in [9.17, 15) is 4.79 Å². The van der Waals surface area contributed by atoms with Crippen LogP contribution in [0.2, 0.25) is 0 Å². The van der Waals surface area contributed by atoms with Crippen molar-refractivity contribution < 1.29 is 4.79 Å². The van der Waals surface area contributed by atoms with E-state index in [0.29, 0.717) is 27.1 Å². The van der Waals surface area contributed by atoms with Crippen molar-refractivity contribution in [1.29, 1.82) is 0 Å². The average Bonchev–Trinajstić information content (AvgIpc) is 3.23. The Morgan fingerprint density at radius 3 is 2.47 bits per heavy atom. The molecule has 0 heterocycles. The van der Waals surface area contributed by atoms with Crippen LogP contribution in [0.1, 0.15) is 149 Å². The summed E-state index contributed by atoms with van der Waals surface area (Å²) >= 11 is 1.76. The van der Waals surface area contributed by atoms with Gasteiger partial charge in [0.2, 0.25) is 0 Å². The largest absolute Gasteiger partial charge is 0.287 e. The number of carbonyl (C=O) groups is 1. The Labute approximate surface area is 227 Å². The van der Waals surface area contributed by atoms with Gasteiger partial charge in [-0.1, -0.05) is 102 Å². The van der Waals surface area contributed by atoms with Crippen LogP contribution in [-0.2, 0) is 4.79 Å². The zero-order valence-electron chi connectivity index (χ0n) is 24.0. The van der Waals surface area contributed by atoms with Crippen LogP contribution in [0.4, 0.5) is 0 Å². The third-order valence-electron chi connectivity index (χ3n) is 12.4. The fourth-order valence-corrected chi connectivity index (χ4v) is 11.3. The van der Waals surface area contributed by atoms with Crippen molar-refractivity contribution in [2.45, 2.75) is 154 Å². The standard InChI is InChI=1S/C34H56OS/c1-4-5-6-7-8-12-15-26-17-19-30-29-18-16-27-24-28(36-32(35)25-13-10-9-11-14-25)20-22-34(27,3)31(29)21-23-33(26,30)2/h16,25-26,28-31H,4-15,17-24H2,1-3H3/t26-,28+,29+,30-,31+,33-,34+/m1/s1. The van der Waals surface area contributed by atoms with Crippen LogP contribution in [0.5, 0.6) is 0 Å². The first kappa shape index (κ1) is 27.3. The molecule has 0 aliphatic heterocycles. The SMILES string of the molecule is CCCCCCCC[C@@H]1CC[C@@H]2[C@@H]3CC=C4C[C@@H](SC(=O)C5CCCCC5)CC[C@]4(C)[C@H]3CC[C@]12C. The van der Waals surface area contributed by atoms with Gasteiger partial charge in [0.05, 0.1) is 0 Å².